The molecule has 0 unspecified atom stereocenters. The quantitative estimate of drug-likeness (QED) is 0.535. The van der Waals surface area contributed by atoms with Crippen molar-refractivity contribution in [1.29, 1.82) is 0 Å². The van der Waals surface area contributed by atoms with E-state index in [9.17, 15) is 4.79 Å². The first kappa shape index (κ1) is 18.5. The van der Waals surface area contributed by atoms with Crippen LogP contribution in [-0.4, -0.2) is 61.6 Å². The zero-order valence-electron chi connectivity index (χ0n) is 17.5. The van der Waals surface area contributed by atoms with E-state index >= 15 is 0 Å². The van der Waals surface area contributed by atoms with Crippen LogP contribution in [-0.2, 0) is 0 Å². The third-order valence-corrected chi connectivity index (χ3v) is 6.52. The summed E-state index contributed by atoms with van der Waals surface area (Å²) in [6.07, 6.45) is 11.8. The van der Waals surface area contributed by atoms with E-state index in [1.54, 1.807) is 10.7 Å². The summed E-state index contributed by atoms with van der Waals surface area (Å²) in [5.41, 5.74) is 4.30. The number of carbonyl (C=O) groups is 1. The molecular formula is C23H25N7O. The number of pyridine rings is 1. The molecule has 6 rings (SSSR count). The Labute approximate surface area is 179 Å². The van der Waals surface area contributed by atoms with Crippen LogP contribution in [0.5, 0.6) is 0 Å². The van der Waals surface area contributed by atoms with Crippen molar-refractivity contribution in [3.8, 4) is 11.1 Å². The highest BCUT2D eigenvalue weighted by molar-refractivity contribution is 6.02. The van der Waals surface area contributed by atoms with Crippen LogP contribution in [0, 0.1) is 0 Å². The molecular weight excluding hydrogens is 390 g/mol. The van der Waals surface area contributed by atoms with Gasteiger partial charge in [0.1, 0.15) is 11.5 Å². The second-order valence-corrected chi connectivity index (χ2v) is 8.82. The molecule has 5 heterocycles. The van der Waals surface area contributed by atoms with Gasteiger partial charge in [-0.1, -0.05) is 0 Å². The number of likely N-dealkylation sites (tertiary alicyclic amines) is 1. The third-order valence-electron chi connectivity index (χ3n) is 6.52. The van der Waals surface area contributed by atoms with Crippen LogP contribution in [0.25, 0.3) is 27.7 Å². The van der Waals surface area contributed by atoms with Crippen molar-refractivity contribution in [2.75, 3.05) is 20.1 Å². The van der Waals surface area contributed by atoms with Gasteiger partial charge in [-0.15, -0.1) is 0 Å². The number of hydrogen-bond acceptors (Lipinski definition) is 5. The molecule has 0 spiro atoms. The van der Waals surface area contributed by atoms with Crippen molar-refractivity contribution >= 4 is 22.5 Å². The first-order valence-corrected chi connectivity index (χ1v) is 11.0. The highest BCUT2D eigenvalue weighted by atomic mass is 16.1. The molecule has 0 atom stereocenters. The lowest BCUT2D eigenvalue weighted by Gasteiger charge is -2.29. The van der Waals surface area contributed by atoms with Crippen molar-refractivity contribution in [3.05, 3.63) is 48.3 Å². The van der Waals surface area contributed by atoms with E-state index in [2.05, 4.69) is 32.3 Å². The minimum Gasteiger partial charge on any atom is -0.349 e. The Hall–Kier alpha value is -3.26. The predicted octanol–water partition coefficient (Wildman–Crippen LogP) is 2.97. The van der Waals surface area contributed by atoms with Crippen LogP contribution in [0.3, 0.4) is 0 Å². The van der Waals surface area contributed by atoms with Gasteiger partial charge in [-0.2, -0.15) is 5.10 Å². The number of H-pyrrole nitrogens is 1. The molecule has 0 bridgehead atoms. The van der Waals surface area contributed by atoms with Crippen LogP contribution in [0.4, 0.5) is 0 Å². The Morgan fingerprint density at radius 3 is 2.84 bits per heavy atom. The number of aromatic amines is 1. The van der Waals surface area contributed by atoms with Crippen LogP contribution < -0.4 is 5.32 Å². The summed E-state index contributed by atoms with van der Waals surface area (Å²) in [5.74, 6) is 1.39. The van der Waals surface area contributed by atoms with Gasteiger partial charge >= 0.3 is 0 Å². The number of piperidine rings is 1. The van der Waals surface area contributed by atoms with Gasteiger partial charge in [-0.3, -0.25) is 4.79 Å². The van der Waals surface area contributed by atoms with Crippen LogP contribution in [0.15, 0.2) is 36.9 Å². The number of carbonyl (C=O) groups excluding carboxylic acids is 1. The third kappa shape index (κ3) is 3.37. The second kappa shape index (κ2) is 7.16. The Balaban J connectivity index is 1.31. The van der Waals surface area contributed by atoms with Crippen LogP contribution in [0.1, 0.15) is 47.8 Å². The minimum absolute atomic E-state index is 0.0574. The molecule has 31 heavy (non-hydrogen) atoms. The molecule has 0 radical (unpaired) electrons. The Morgan fingerprint density at radius 2 is 2.03 bits per heavy atom. The van der Waals surface area contributed by atoms with Gasteiger partial charge in [-0.05, 0) is 63.5 Å². The van der Waals surface area contributed by atoms with Crippen molar-refractivity contribution in [3.63, 3.8) is 0 Å². The monoisotopic (exact) mass is 415 g/mol. The van der Waals surface area contributed by atoms with E-state index in [1.807, 2.05) is 30.7 Å². The first-order valence-electron chi connectivity index (χ1n) is 11.0. The highest BCUT2D eigenvalue weighted by Gasteiger charge is 2.27. The molecule has 1 saturated carbocycles. The number of amides is 1. The summed E-state index contributed by atoms with van der Waals surface area (Å²) in [6, 6.07) is 4.25. The fraction of sp³-hybridized carbons (Fsp3) is 0.391. The molecule has 1 saturated heterocycles. The second-order valence-electron chi connectivity index (χ2n) is 8.82. The normalized spacial score (nSPS) is 18.1. The van der Waals surface area contributed by atoms with E-state index in [4.69, 9.17) is 4.98 Å². The zero-order chi connectivity index (χ0) is 20.9. The SMILES string of the molecule is CN1CCC(NC(=O)c2cnn3ccc(-c4c[nH]c5nc(C6CC6)ncc45)cc23)CC1. The maximum absolute atomic E-state index is 13.0. The molecule has 1 aliphatic heterocycles. The average molecular weight is 416 g/mol. The number of rotatable bonds is 4. The molecule has 2 aliphatic rings. The van der Waals surface area contributed by atoms with Crippen LogP contribution in [0.2, 0.25) is 0 Å². The molecule has 8 nitrogen and oxygen atoms in total. The number of hydrogen-bond donors (Lipinski definition) is 2. The molecule has 2 N–H and O–H groups in total. The standard InChI is InChI=1S/C23H25N7O/c1-29-7-5-16(6-8-29)27-23(31)19-13-26-30-9-4-15(10-20(19)30)17-11-25-22-18(17)12-24-21(28-22)14-2-3-14/h4,9-14,16H,2-3,5-8H2,1H3,(H,27,31)(H,24,25,28). The summed E-state index contributed by atoms with van der Waals surface area (Å²) in [6.45, 7) is 2.02. The zero-order valence-corrected chi connectivity index (χ0v) is 17.5. The van der Waals surface area contributed by atoms with Gasteiger partial charge in [-0.25, -0.2) is 14.5 Å². The predicted molar refractivity (Wildman–Crippen MR) is 118 cm³/mol. The first-order chi connectivity index (χ1) is 15.2. The van der Waals surface area contributed by atoms with Gasteiger partial charge in [0.25, 0.3) is 5.91 Å². The van der Waals surface area contributed by atoms with Gasteiger partial charge < -0.3 is 15.2 Å². The lowest BCUT2D eigenvalue weighted by Crippen LogP contribution is -2.43. The fourth-order valence-corrected chi connectivity index (χ4v) is 4.44. The summed E-state index contributed by atoms with van der Waals surface area (Å²) < 4.78 is 1.75. The number of nitrogens with one attached hydrogen (secondary N) is 2. The van der Waals surface area contributed by atoms with E-state index < -0.39 is 0 Å². The Morgan fingerprint density at radius 1 is 1.19 bits per heavy atom. The molecule has 0 aromatic carbocycles. The molecule has 1 aliphatic carbocycles. The maximum Gasteiger partial charge on any atom is 0.255 e. The number of aromatic nitrogens is 5. The van der Waals surface area contributed by atoms with Crippen molar-refractivity contribution in [2.24, 2.45) is 0 Å². The van der Waals surface area contributed by atoms with E-state index in [0.717, 1.165) is 59.4 Å². The van der Waals surface area contributed by atoms with Gasteiger partial charge in [0.15, 0.2) is 0 Å². The lowest BCUT2D eigenvalue weighted by molar-refractivity contribution is 0.0918. The maximum atomic E-state index is 13.0. The van der Waals surface area contributed by atoms with E-state index in [1.165, 1.54) is 12.8 Å². The van der Waals surface area contributed by atoms with Crippen molar-refractivity contribution in [2.45, 2.75) is 37.6 Å². The molecule has 158 valence electrons. The molecule has 1 amide bonds. The number of fused-ring (bicyclic) bond motifs is 2. The minimum atomic E-state index is -0.0574. The van der Waals surface area contributed by atoms with Gasteiger partial charge in [0.2, 0.25) is 0 Å². The van der Waals surface area contributed by atoms with Crippen molar-refractivity contribution < 1.29 is 4.79 Å². The highest BCUT2D eigenvalue weighted by Crippen LogP contribution is 2.39. The summed E-state index contributed by atoms with van der Waals surface area (Å²) in [5, 5.41) is 8.57. The van der Waals surface area contributed by atoms with E-state index in [0.29, 0.717) is 11.5 Å². The largest absolute Gasteiger partial charge is 0.349 e. The summed E-state index contributed by atoms with van der Waals surface area (Å²) in [4.78, 5) is 27.8. The topological polar surface area (TPSA) is 91.2 Å². The lowest BCUT2D eigenvalue weighted by atomic mass is 10.0. The smallest absolute Gasteiger partial charge is 0.255 e. The molecule has 2 fully saturated rings. The molecule has 8 heteroatoms. The Kier molecular flexibility index (Phi) is 4.27. The number of nitrogens with zero attached hydrogens (tertiary/aromatic N) is 5. The van der Waals surface area contributed by atoms with Gasteiger partial charge in [0.05, 0.1) is 17.3 Å². The summed E-state index contributed by atoms with van der Waals surface area (Å²) >= 11 is 0. The molecule has 4 aromatic heterocycles. The summed E-state index contributed by atoms with van der Waals surface area (Å²) in [7, 11) is 2.12. The van der Waals surface area contributed by atoms with Crippen LogP contribution >= 0.6 is 0 Å². The van der Waals surface area contributed by atoms with Gasteiger partial charge in [0, 0.05) is 41.5 Å². The Bertz CT molecular complexity index is 1280. The van der Waals surface area contributed by atoms with E-state index in [-0.39, 0.29) is 11.9 Å². The fourth-order valence-electron chi connectivity index (χ4n) is 4.44. The van der Waals surface area contributed by atoms with Crippen molar-refractivity contribution in [1.82, 2.24) is 34.8 Å². The molecule has 4 aromatic rings. The average Bonchev–Trinajstić information content (AvgIpc) is 3.41.